The minimum Gasteiger partial charge on any atom is -0.143 e. The van der Waals surface area contributed by atoms with Gasteiger partial charge in [-0.15, -0.1) is 11.3 Å². The highest BCUT2D eigenvalue weighted by Gasteiger charge is 1.96. The summed E-state index contributed by atoms with van der Waals surface area (Å²) in [5.41, 5.74) is 1.17. The first-order valence-electron chi connectivity index (χ1n) is 3.42. The topological polar surface area (TPSA) is 0 Å². The van der Waals surface area contributed by atoms with Gasteiger partial charge in [0, 0.05) is 16.2 Å². The number of thiophene rings is 1. The third-order valence-corrected chi connectivity index (χ3v) is 2.50. The van der Waals surface area contributed by atoms with Crippen LogP contribution in [0, 0.1) is 6.07 Å². The largest absolute Gasteiger partial charge is 0.143 e. The van der Waals surface area contributed by atoms with Gasteiger partial charge in [0.15, 0.2) is 0 Å². The molecule has 1 aromatic carbocycles. The van der Waals surface area contributed by atoms with Crippen LogP contribution in [0.5, 0.6) is 0 Å². The molecule has 1 aromatic heterocycles. The molecule has 0 amide bonds. The van der Waals surface area contributed by atoms with E-state index in [1.807, 2.05) is 17.5 Å². The Labute approximate surface area is 69.8 Å². The lowest BCUT2D eigenvalue weighted by atomic mass is 10.1. The van der Waals surface area contributed by atoms with Crippen molar-refractivity contribution in [2.24, 2.45) is 0 Å². The van der Waals surface area contributed by atoms with Gasteiger partial charge in [-0.25, -0.2) is 0 Å². The van der Waals surface area contributed by atoms with E-state index in [2.05, 4.69) is 24.8 Å². The highest BCUT2D eigenvalue weighted by Crippen LogP contribution is 2.23. The molecule has 0 atom stereocenters. The molecule has 0 aliphatic heterocycles. The summed E-state index contributed by atoms with van der Waals surface area (Å²) in [6.07, 6.45) is 1.87. The van der Waals surface area contributed by atoms with Gasteiger partial charge in [0.2, 0.25) is 0 Å². The number of benzene rings is 1. The number of hydrogen-bond acceptors (Lipinski definition) is 1. The summed E-state index contributed by atoms with van der Waals surface area (Å²) >= 11 is 1.71. The number of hydrogen-bond donors (Lipinski definition) is 0. The Hall–Kier alpha value is -1.08. The fourth-order valence-corrected chi connectivity index (χ4v) is 1.88. The molecule has 1 heteroatoms. The number of rotatable bonds is 1. The van der Waals surface area contributed by atoms with Crippen LogP contribution in [-0.4, -0.2) is 0 Å². The summed E-state index contributed by atoms with van der Waals surface area (Å²) in [6.45, 7) is 3.75. The van der Waals surface area contributed by atoms with Crippen LogP contribution in [0.15, 0.2) is 30.2 Å². The van der Waals surface area contributed by atoms with Gasteiger partial charge in [0.05, 0.1) is 0 Å². The highest BCUT2D eigenvalue weighted by atomic mass is 32.1. The first-order chi connectivity index (χ1) is 5.42. The monoisotopic (exact) mass is 159 g/mol. The molecular weight excluding hydrogens is 152 g/mol. The fraction of sp³-hybridized carbons (Fsp3) is 0. The van der Waals surface area contributed by atoms with Gasteiger partial charge < -0.3 is 0 Å². The van der Waals surface area contributed by atoms with E-state index in [1.54, 1.807) is 11.3 Å². The Morgan fingerprint density at radius 1 is 1.45 bits per heavy atom. The molecular formula is C10H7S. The SMILES string of the molecule is C=Cc1cccc2sc[c]c12. The molecule has 0 saturated heterocycles. The average Bonchev–Trinajstić information content (AvgIpc) is 2.50. The molecule has 2 rings (SSSR count). The Morgan fingerprint density at radius 2 is 2.36 bits per heavy atom. The van der Waals surface area contributed by atoms with Gasteiger partial charge in [0.1, 0.15) is 0 Å². The first-order valence-corrected chi connectivity index (χ1v) is 4.30. The second kappa shape index (κ2) is 2.51. The minimum atomic E-state index is 1.17. The van der Waals surface area contributed by atoms with Crippen LogP contribution >= 0.6 is 11.3 Å². The summed E-state index contributed by atoms with van der Waals surface area (Å²) in [5, 5.41) is 3.17. The molecule has 0 bridgehead atoms. The standard InChI is InChI=1S/C10H7S/c1-2-8-4-3-5-10-9(8)6-7-11-10/h2-5,7H,1H2. The summed E-state index contributed by atoms with van der Waals surface area (Å²) < 4.78 is 1.28. The smallest absolute Gasteiger partial charge is 0.0355 e. The molecule has 0 aliphatic carbocycles. The quantitative estimate of drug-likeness (QED) is 0.598. The van der Waals surface area contributed by atoms with Crippen molar-refractivity contribution in [3.05, 3.63) is 41.8 Å². The lowest BCUT2D eigenvalue weighted by Gasteiger charge is -1.93. The molecule has 1 heterocycles. The van der Waals surface area contributed by atoms with Crippen LogP contribution in [-0.2, 0) is 0 Å². The molecule has 0 unspecified atom stereocenters. The predicted molar refractivity (Wildman–Crippen MR) is 50.8 cm³/mol. The zero-order chi connectivity index (χ0) is 7.68. The van der Waals surface area contributed by atoms with Gasteiger partial charge in [-0.3, -0.25) is 0 Å². The molecule has 0 spiro atoms. The van der Waals surface area contributed by atoms with Crippen molar-refractivity contribution in [1.29, 1.82) is 0 Å². The average molecular weight is 159 g/mol. The summed E-state index contributed by atoms with van der Waals surface area (Å²) in [7, 11) is 0. The fourth-order valence-electron chi connectivity index (χ4n) is 1.12. The Balaban J connectivity index is 2.88. The van der Waals surface area contributed by atoms with E-state index in [-0.39, 0.29) is 0 Å². The van der Waals surface area contributed by atoms with Crippen LogP contribution < -0.4 is 0 Å². The molecule has 11 heavy (non-hydrogen) atoms. The van der Waals surface area contributed by atoms with Crippen molar-refractivity contribution in [2.75, 3.05) is 0 Å². The molecule has 0 nitrogen and oxygen atoms in total. The molecule has 0 fully saturated rings. The maximum atomic E-state index is 3.75. The second-order valence-corrected chi connectivity index (χ2v) is 3.22. The van der Waals surface area contributed by atoms with E-state index in [1.165, 1.54) is 15.6 Å². The van der Waals surface area contributed by atoms with Crippen molar-refractivity contribution in [1.82, 2.24) is 0 Å². The first kappa shape index (κ1) is 6.62. The van der Waals surface area contributed by atoms with Gasteiger partial charge >= 0.3 is 0 Å². The van der Waals surface area contributed by atoms with Crippen LogP contribution in [0.3, 0.4) is 0 Å². The summed E-state index contributed by atoms with van der Waals surface area (Å²) in [4.78, 5) is 0. The Morgan fingerprint density at radius 3 is 3.18 bits per heavy atom. The van der Waals surface area contributed by atoms with Gasteiger partial charge in [-0.2, -0.15) is 0 Å². The lowest BCUT2D eigenvalue weighted by molar-refractivity contribution is 1.79. The maximum Gasteiger partial charge on any atom is 0.0355 e. The van der Waals surface area contributed by atoms with Crippen LogP contribution in [0.25, 0.3) is 16.2 Å². The normalized spacial score (nSPS) is 10.2. The zero-order valence-electron chi connectivity index (χ0n) is 6.00. The van der Waals surface area contributed by atoms with E-state index in [0.717, 1.165) is 0 Å². The Bertz CT molecular complexity index is 384. The van der Waals surface area contributed by atoms with E-state index in [0.29, 0.717) is 0 Å². The molecule has 0 aliphatic rings. The van der Waals surface area contributed by atoms with E-state index >= 15 is 0 Å². The lowest BCUT2D eigenvalue weighted by Crippen LogP contribution is -1.69. The maximum absolute atomic E-state index is 3.75. The van der Waals surface area contributed by atoms with Crippen LogP contribution in [0.4, 0.5) is 0 Å². The minimum absolute atomic E-state index is 1.17. The molecule has 53 valence electrons. The third-order valence-electron chi connectivity index (χ3n) is 1.67. The molecule has 0 saturated carbocycles. The Kier molecular flexibility index (Phi) is 1.51. The van der Waals surface area contributed by atoms with Crippen LogP contribution in [0.1, 0.15) is 5.56 Å². The zero-order valence-corrected chi connectivity index (χ0v) is 6.82. The second-order valence-electron chi connectivity index (χ2n) is 2.30. The predicted octanol–water partition coefficient (Wildman–Crippen LogP) is 3.34. The van der Waals surface area contributed by atoms with Crippen LogP contribution in [0.2, 0.25) is 0 Å². The van der Waals surface area contributed by atoms with Gasteiger partial charge in [0.25, 0.3) is 0 Å². The van der Waals surface area contributed by atoms with E-state index < -0.39 is 0 Å². The van der Waals surface area contributed by atoms with Crippen molar-refractivity contribution >= 4 is 27.5 Å². The van der Waals surface area contributed by atoms with Gasteiger partial charge in [-0.1, -0.05) is 24.8 Å². The summed E-state index contributed by atoms with van der Waals surface area (Å²) in [6, 6.07) is 9.39. The number of fused-ring (bicyclic) bond motifs is 1. The third kappa shape index (κ3) is 0.976. The van der Waals surface area contributed by atoms with E-state index in [9.17, 15) is 0 Å². The molecule has 0 N–H and O–H groups in total. The van der Waals surface area contributed by atoms with Crippen molar-refractivity contribution < 1.29 is 0 Å². The van der Waals surface area contributed by atoms with Crippen molar-refractivity contribution in [3.63, 3.8) is 0 Å². The van der Waals surface area contributed by atoms with Crippen molar-refractivity contribution in [2.45, 2.75) is 0 Å². The van der Waals surface area contributed by atoms with Crippen molar-refractivity contribution in [3.8, 4) is 0 Å². The molecule has 1 radical (unpaired) electrons. The molecule has 2 aromatic rings. The van der Waals surface area contributed by atoms with Gasteiger partial charge in [-0.05, 0) is 17.0 Å². The highest BCUT2D eigenvalue weighted by molar-refractivity contribution is 7.17. The van der Waals surface area contributed by atoms with E-state index in [4.69, 9.17) is 0 Å². The summed E-state index contributed by atoms with van der Waals surface area (Å²) in [5.74, 6) is 0.